The van der Waals surface area contributed by atoms with Crippen LogP contribution in [0.5, 0.6) is 5.06 Å². The van der Waals surface area contributed by atoms with Crippen molar-refractivity contribution in [2.75, 3.05) is 13.7 Å². The van der Waals surface area contributed by atoms with Crippen molar-refractivity contribution in [3.8, 4) is 5.06 Å². The lowest BCUT2D eigenvalue weighted by Gasteiger charge is -2.21. The first-order chi connectivity index (χ1) is 5.40. The highest BCUT2D eigenvalue weighted by Gasteiger charge is 2.18. The minimum absolute atomic E-state index is 0.497. The predicted octanol–water partition coefficient (Wildman–Crippen LogP) is 1.27. The lowest BCUT2D eigenvalue weighted by molar-refractivity contribution is 0.253. The Morgan fingerprint density at radius 1 is 1.73 bits per heavy atom. The summed E-state index contributed by atoms with van der Waals surface area (Å²) < 4.78 is 5.52. The third-order valence-electron chi connectivity index (χ3n) is 2.00. The molecule has 0 saturated heterocycles. The molecule has 2 nitrogen and oxygen atoms in total. The molecule has 0 bridgehead atoms. The summed E-state index contributed by atoms with van der Waals surface area (Å²) in [5.74, 6) is 0. The highest BCUT2D eigenvalue weighted by atomic mass is 32.1. The molecule has 1 unspecified atom stereocenters. The van der Waals surface area contributed by atoms with E-state index in [1.54, 1.807) is 11.3 Å². The van der Waals surface area contributed by atoms with Gasteiger partial charge in [0.25, 0.3) is 0 Å². The van der Waals surface area contributed by atoms with Gasteiger partial charge in [0.2, 0.25) is 0 Å². The molecule has 1 aliphatic rings. The average molecular weight is 169 g/mol. The van der Waals surface area contributed by atoms with Crippen LogP contribution in [0.25, 0.3) is 0 Å². The van der Waals surface area contributed by atoms with Gasteiger partial charge in [-0.1, -0.05) is 0 Å². The minimum atomic E-state index is 0.497. The van der Waals surface area contributed by atoms with E-state index in [0.29, 0.717) is 6.04 Å². The third-order valence-corrected chi connectivity index (χ3v) is 2.86. The molecule has 0 fully saturated rings. The van der Waals surface area contributed by atoms with Gasteiger partial charge in [0.1, 0.15) is 6.61 Å². The van der Waals surface area contributed by atoms with Crippen molar-refractivity contribution in [3.05, 3.63) is 17.0 Å². The van der Waals surface area contributed by atoms with Gasteiger partial charge in [-0.2, -0.15) is 0 Å². The van der Waals surface area contributed by atoms with E-state index in [4.69, 9.17) is 4.74 Å². The predicted molar refractivity (Wildman–Crippen MR) is 46.4 cm³/mol. The van der Waals surface area contributed by atoms with Crippen LogP contribution in [0, 0.1) is 0 Å². The standard InChI is InChI=1S/C8H11NOS/c1-9-7-4-6-2-3-11-8(6)10-5-7/h2-3,7,9H,4-5H2,1H3. The molecule has 11 heavy (non-hydrogen) atoms. The summed E-state index contributed by atoms with van der Waals surface area (Å²) in [4.78, 5) is 0. The first-order valence-corrected chi connectivity index (χ1v) is 4.64. The SMILES string of the molecule is CNC1COc2sccc2C1. The monoisotopic (exact) mass is 169 g/mol. The quantitative estimate of drug-likeness (QED) is 0.683. The van der Waals surface area contributed by atoms with Crippen molar-refractivity contribution in [2.24, 2.45) is 0 Å². The Balaban J connectivity index is 2.18. The summed E-state index contributed by atoms with van der Waals surface area (Å²) in [6, 6.07) is 2.64. The highest BCUT2D eigenvalue weighted by molar-refractivity contribution is 7.12. The number of hydrogen-bond donors (Lipinski definition) is 1. The number of ether oxygens (including phenoxy) is 1. The molecular formula is C8H11NOS. The number of likely N-dealkylation sites (N-methyl/N-ethyl adjacent to an activating group) is 1. The van der Waals surface area contributed by atoms with Gasteiger partial charge in [-0.15, -0.1) is 11.3 Å². The Kier molecular flexibility index (Phi) is 1.84. The van der Waals surface area contributed by atoms with Crippen LogP contribution in [0.2, 0.25) is 0 Å². The Morgan fingerprint density at radius 3 is 3.45 bits per heavy atom. The summed E-state index contributed by atoms with van der Waals surface area (Å²) >= 11 is 1.69. The van der Waals surface area contributed by atoms with Crippen LogP contribution in [0.4, 0.5) is 0 Å². The smallest absolute Gasteiger partial charge is 0.177 e. The third kappa shape index (κ3) is 1.26. The number of fused-ring (bicyclic) bond motifs is 1. The van der Waals surface area contributed by atoms with Gasteiger partial charge in [0.05, 0.1) is 0 Å². The number of nitrogens with one attached hydrogen (secondary N) is 1. The van der Waals surface area contributed by atoms with Crippen molar-refractivity contribution >= 4 is 11.3 Å². The molecule has 0 aromatic carbocycles. The van der Waals surface area contributed by atoms with Crippen LogP contribution in [0.15, 0.2) is 11.4 Å². The molecular weight excluding hydrogens is 158 g/mol. The van der Waals surface area contributed by atoms with E-state index in [1.807, 2.05) is 7.05 Å². The van der Waals surface area contributed by atoms with Crippen LogP contribution in [0.3, 0.4) is 0 Å². The zero-order chi connectivity index (χ0) is 7.68. The Labute approximate surface area is 70.2 Å². The molecule has 3 heteroatoms. The van der Waals surface area contributed by atoms with Gasteiger partial charge in [-0.3, -0.25) is 0 Å². The van der Waals surface area contributed by atoms with Gasteiger partial charge in [-0.05, 0) is 24.9 Å². The molecule has 1 aromatic heterocycles. The van der Waals surface area contributed by atoms with Crippen molar-refractivity contribution in [1.29, 1.82) is 0 Å². The number of hydrogen-bond acceptors (Lipinski definition) is 3. The normalized spacial score (nSPS) is 22.5. The van der Waals surface area contributed by atoms with Crippen molar-refractivity contribution in [1.82, 2.24) is 5.32 Å². The first kappa shape index (κ1) is 7.13. The molecule has 2 rings (SSSR count). The molecule has 0 amide bonds. The van der Waals surface area contributed by atoms with Crippen molar-refractivity contribution in [2.45, 2.75) is 12.5 Å². The Morgan fingerprint density at radius 2 is 2.64 bits per heavy atom. The van der Waals surface area contributed by atoms with E-state index in [1.165, 1.54) is 5.56 Å². The summed E-state index contributed by atoms with van der Waals surface area (Å²) in [6.45, 7) is 0.810. The maximum absolute atomic E-state index is 5.52. The van der Waals surface area contributed by atoms with Gasteiger partial charge < -0.3 is 10.1 Å². The molecule has 0 radical (unpaired) electrons. The Hall–Kier alpha value is -0.540. The average Bonchev–Trinajstić information content (AvgIpc) is 2.50. The van der Waals surface area contributed by atoms with Crippen LogP contribution in [-0.2, 0) is 6.42 Å². The van der Waals surface area contributed by atoms with Crippen LogP contribution < -0.4 is 10.1 Å². The summed E-state index contributed by atoms with van der Waals surface area (Å²) in [7, 11) is 1.98. The maximum Gasteiger partial charge on any atom is 0.177 e. The first-order valence-electron chi connectivity index (χ1n) is 3.76. The van der Waals surface area contributed by atoms with Crippen LogP contribution in [-0.4, -0.2) is 19.7 Å². The summed E-state index contributed by atoms with van der Waals surface area (Å²) in [6.07, 6.45) is 1.11. The van der Waals surface area contributed by atoms with E-state index in [-0.39, 0.29) is 0 Å². The highest BCUT2D eigenvalue weighted by Crippen LogP contribution is 2.30. The molecule has 1 N–H and O–H groups in total. The molecule has 1 aliphatic heterocycles. The fourth-order valence-corrected chi connectivity index (χ4v) is 2.08. The lowest BCUT2D eigenvalue weighted by atomic mass is 10.1. The fraction of sp³-hybridized carbons (Fsp3) is 0.500. The van der Waals surface area contributed by atoms with E-state index in [0.717, 1.165) is 18.1 Å². The summed E-state index contributed by atoms with van der Waals surface area (Å²) in [5, 5.41) is 6.41. The second-order valence-corrected chi connectivity index (χ2v) is 3.61. The zero-order valence-electron chi connectivity index (χ0n) is 6.46. The summed E-state index contributed by atoms with van der Waals surface area (Å²) in [5.41, 5.74) is 1.35. The van der Waals surface area contributed by atoms with E-state index in [2.05, 4.69) is 16.8 Å². The largest absolute Gasteiger partial charge is 0.482 e. The minimum Gasteiger partial charge on any atom is -0.482 e. The molecule has 0 aliphatic carbocycles. The molecule has 0 saturated carbocycles. The van der Waals surface area contributed by atoms with Gasteiger partial charge >= 0.3 is 0 Å². The molecule has 1 atom stereocenters. The van der Waals surface area contributed by atoms with E-state index in [9.17, 15) is 0 Å². The van der Waals surface area contributed by atoms with Gasteiger partial charge in [0, 0.05) is 11.6 Å². The second-order valence-electron chi connectivity index (χ2n) is 2.73. The fourth-order valence-electron chi connectivity index (χ4n) is 1.29. The topological polar surface area (TPSA) is 21.3 Å². The van der Waals surface area contributed by atoms with E-state index >= 15 is 0 Å². The lowest BCUT2D eigenvalue weighted by Crippen LogP contribution is -2.36. The molecule has 0 spiro atoms. The number of thiophene rings is 1. The van der Waals surface area contributed by atoms with Crippen LogP contribution >= 0.6 is 11.3 Å². The zero-order valence-corrected chi connectivity index (χ0v) is 7.28. The Bertz CT molecular complexity index is 246. The maximum atomic E-state index is 5.52. The van der Waals surface area contributed by atoms with Crippen molar-refractivity contribution in [3.63, 3.8) is 0 Å². The number of rotatable bonds is 1. The van der Waals surface area contributed by atoms with Crippen molar-refractivity contribution < 1.29 is 4.74 Å². The van der Waals surface area contributed by atoms with Gasteiger partial charge in [0.15, 0.2) is 5.06 Å². The molecule has 1 aromatic rings. The van der Waals surface area contributed by atoms with E-state index < -0.39 is 0 Å². The second kappa shape index (κ2) is 2.83. The molecule has 2 heterocycles. The molecule has 60 valence electrons. The van der Waals surface area contributed by atoms with Gasteiger partial charge in [-0.25, -0.2) is 0 Å². The van der Waals surface area contributed by atoms with Crippen LogP contribution in [0.1, 0.15) is 5.56 Å².